The highest BCUT2D eigenvalue weighted by Crippen LogP contribution is 2.25. The van der Waals surface area contributed by atoms with E-state index in [9.17, 15) is 13.5 Å². The van der Waals surface area contributed by atoms with Crippen molar-refractivity contribution >= 4 is 10.0 Å². The summed E-state index contributed by atoms with van der Waals surface area (Å²) in [7, 11) is -2.36. The molecular formula is C15H14N2O3S. The molecule has 0 atom stereocenters. The molecule has 0 amide bonds. The first kappa shape index (κ1) is 15.0. The molecule has 2 aromatic rings. The van der Waals surface area contributed by atoms with Crippen LogP contribution in [0.2, 0.25) is 0 Å². The third-order valence-corrected chi connectivity index (χ3v) is 4.87. The molecule has 0 aliphatic carbocycles. The van der Waals surface area contributed by atoms with Crippen LogP contribution in [0.5, 0.6) is 5.75 Å². The number of benzene rings is 2. The molecule has 6 heteroatoms. The molecule has 0 spiro atoms. The average molecular weight is 302 g/mol. The summed E-state index contributed by atoms with van der Waals surface area (Å²) in [4.78, 5) is -0.135. The van der Waals surface area contributed by atoms with E-state index in [-0.39, 0.29) is 17.2 Å². The molecule has 0 fully saturated rings. The number of sulfonamides is 1. The number of aromatic hydroxyl groups is 1. The summed E-state index contributed by atoms with van der Waals surface area (Å²) in [6.45, 7) is 0.117. The monoisotopic (exact) mass is 302 g/mol. The minimum atomic E-state index is -3.79. The number of para-hydroxylation sites is 1. The average Bonchev–Trinajstić information content (AvgIpc) is 2.47. The fourth-order valence-corrected chi connectivity index (χ4v) is 3.16. The smallest absolute Gasteiger partial charge is 0.246 e. The van der Waals surface area contributed by atoms with Gasteiger partial charge in [0.25, 0.3) is 0 Å². The standard InChI is InChI=1S/C15H14N2O3S/c1-17(11-13-6-4-5-12(9-13)10-16)21(19,20)15-8-3-2-7-14(15)18/h2-9,18H,11H2,1H3. The van der Waals surface area contributed by atoms with Crippen LogP contribution >= 0.6 is 0 Å². The van der Waals surface area contributed by atoms with Gasteiger partial charge in [-0.1, -0.05) is 24.3 Å². The van der Waals surface area contributed by atoms with Gasteiger partial charge < -0.3 is 5.11 Å². The van der Waals surface area contributed by atoms with Crippen molar-refractivity contribution in [1.82, 2.24) is 4.31 Å². The molecule has 0 saturated heterocycles. The molecule has 5 nitrogen and oxygen atoms in total. The fourth-order valence-electron chi connectivity index (χ4n) is 1.92. The predicted molar refractivity (Wildman–Crippen MR) is 77.9 cm³/mol. The molecule has 0 aromatic heterocycles. The molecular weight excluding hydrogens is 288 g/mol. The molecule has 0 radical (unpaired) electrons. The zero-order valence-electron chi connectivity index (χ0n) is 11.4. The van der Waals surface area contributed by atoms with Gasteiger partial charge in [0.15, 0.2) is 0 Å². The molecule has 2 aromatic carbocycles. The van der Waals surface area contributed by atoms with E-state index < -0.39 is 10.0 Å². The second-order valence-corrected chi connectivity index (χ2v) is 6.55. The van der Waals surface area contributed by atoms with Gasteiger partial charge in [-0.2, -0.15) is 9.57 Å². The Hall–Kier alpha value is -2.36. The van der Waals surface area contributed by atoms with Crippen LogP contribution in [0.25, 0.3) is 0 Å². The second-order valence-electron chi connectivity index (χ2n) is 4.54. The van der Waals surface area contributed by atoms with Gasteiger partial charge in [0.2, 0.25) is 10.0 Å². The topological polar surface area (TPSA) is 81.4 Å². The Balaban J connectivity index is 2.29. The summed E-state index contributed by atoms with van der Waals surface area (Å²) in [6, 6.07) is 14.5. The predicted octanol–water partition coefficient (Wildman–Crippen LogP) is 2.08. The summed E-state index contributed by atoms with van der Waals surface area (Å²) in [5.41, 5.74) is 1.18. The van der Waals surface area contributed by atoms with E-state index >= 15 is 0 Å². The lowest BCUT2D eigenvalue weighted by atomic mass is 10.1. The molecule has 0 aliphatic heterocycles. The van der Waals surface area contributed by atoms with E-state index in [1.807, 2.05) is 6.07 Å². The number of rotatable bonds is 4. The molecule has 108 valence electrons. The minimum Gasteiger partial charge on any atom is -0.507 e. The first-order valence-corrected chi connectivity index (χ1v) is 7.62. The van der Waals surface area contributed by atoms with Crippen LogP contribution in [-0.2, 0) is 16.6 Å². The van der Waals surface area contributed by atoms with Gasteiger partial charge in [-0.15, -0.1) is 0 Å². The molecule has 0 saturated carbocycles. The van der Waals surface area contributed by atoms with E-state index in [1.165, 1.54) is 19.2 Å². The molecule has 0 aliphatic rings. The largest absolute Gasteiger partial charge is 0.507 e. The van der Waals surface area contributed by atoms with E-state index in [0.717, 1.165) is 4.31 Å². The Morgan fingerprint density at radius 1 is 1.19 bits per heavy atom. The van der Waals surface area contributed by atoms with Gasteiger partial charge >= 0.3 is 0 Å². The quantitative estimate of drug-likeness (QED) is 0.937. The van der Waals surface area contributed by atoms with Gasteiger partial charge in [0.1, 0.15) is 10.6 Å². The maximum atomic E-state index is 12.4. The van der Waals surface area contributed by atoms with Crippen LogP contribution in [-0.4, -0.2) is 24.9 Å². The zero-order valence-corrected chi connectivity index (χ0v) is 12.2. The van der Waals surface area contributed by atoms with Gasteiger partial charge in [-0.25, -0.2) is 8.42 Å². The molecule has 1 N–H and O–H groups in total. The van der Waals surface area contributed by atoms with Gasteiger partial charge in [0, 0.05) is 13.6 Å². The lowest BCUT2D eigenvalue weighted by Crippen LogP contribution is -2.26. The second kappa shape index (κ2) is 5.95. The Bertz CT molecular complexity index is 795. The summed E-state index contributed by atoms with van der Waals surface area (Å²) in [5.74, 6) is -0.282. The Kier molecular flexibility index (Phi) is 4.26. The van der Waals surface area contributed by atoms with Crippen molar-refractivity contribution in [3.8, 4) is 11.8 Å². The number of phenolic OH excluding ortho intramolecular Hbond substituents is 1. The van der Waals surface area contributed by atoms with Crippen molar-refractivity contribution in [2.24, 2.45) is 0 Å². The summed E-state index contributed by atoms with van der Waals surface area (Å²) >= 11 is 0. The summed E-state index contributed by atoms with van der Waals surface area (Å²) < 4.78 is 26.0. The highest BCUT2D eigenvalue weighted by molar-refractivity contribution is 7.89. The SMILES string of the molecule is CN(Cc1cccc(C#N)c1)S(=O)(=O)c1ccccc1O. The first-order valence-electron chi connectivity index (χ1n) is 6.18. The van der Waals surface area contributed by atoms with Crippen LogP contribution in [0.4, 0.5) is 0 Å². The summed E-state index contributed by atoms with van der Waals surface area (Å²) in [5, 5.41) is 18.5. The normalized spacial score (nSPS) is 11.3. The number of nitriles is 1. The van der Waals surface area contributed by atoms with Gasteiger partial charge in [-0.05, 0) is 29.8 Å². The van der Waals surface area contributed by atoms with Crippen LogP contribution in [0.1, 0.15) is 11.1 Å². The van der Waals surface area contributed by atoms with Gasteiger partial charge in [-0.3, -0.25) is 0 Å². The van der Waals surface area contributed by atoms with Gasteiger partial charge in [0.05, 0.1) is 11.6 Å². The van der Waals surface area contributed by atoms with Crippen molar-refractivity contribution in [2.45, 2.75) is 11.4 Å². The van der Waals surface area contributed by atoms with E-state index in [4.69, 9.17) is 5.26 Å². The maximum Gasteiger partial charge on any atom is 0.246 e. The van der Waals surface area contributed by atoms with Crippen LogP contribution in [0.15, 0.2) is 53.4 Å². The van der Waals surface area contributed by atoms with Crippen LogP contribution in [0.3, 0.4) is 0 Å². The van der Waals surface area contributed by atoms with Crippen molar-refractivity contribution in [3.05, 3.63) is 59.7 Å². The highest BCUT2D eigenvalue weighted by Gasteiger charge is 2.23. The van der Waals surface area contributed by atoms with E-state index in [2.05, 4.69) is 0 Å². The third-order valence-electron chi connectivity index (χ3n) is 3.01. The lowest BCUT2D eigenvalue weighted by molar-refractivity contribution is 0.440. The van der Waals surface area contributed by atoms with Crippen molar-refractivity contribution in [1.29, 1.82) is 5.26 Å². The van der Waals surface area contributed by atoms with E-state index in [0.29, 0.717) is 11.1 Å². The van der Waals surface area contributed by atoms with E-state index in [1.54, 1.807) is 36.4 Å². The molecule has 0 unspecified atom stereocenters. The minimum absolute atomic E-state index is 0.117. The Morgan fingerprint density at radius 2 is 1.90 bits per heavy atom. The zero-order chi connectivity index (χ0) is 15.5. The van der Waals surface area contributed by atoms with Crippen LogP contribution < -0.4 is 0 Å². The highest BCUT2D eigenvalue weighted by atomic mass is 32.2. The third kappa shape index (κ3) is 3.21. The lowest BCUT2D eigenvalue weighted by Gasteiger charge is -2.18. The Labute approximate surface area is 123 Å². The molecule has 0 heterocycles. The molecule has 21 heavy (non-hydrogen) atoms. The fraction of sp³-hybridized carbons (Fsp3) is 0.133. The molecule has 0 bridgehead atoms. The van der Waals surface area contributed by atoms with Crippen LogP contribution in [0, 0.1) is 11.3 Å². The number of hydrogen-bond acceptors (Lipinski definition) is 4. The maximum absolute atomic E-state index is 12.4. The summed E-state index contributed by atoms with van der Waals surface area (Å²) in [6.07, 6.45) is 0. The van der Waals surface area contributed by atoms with Crippen molar-refractivity contribution in [3.63, 3.8) is 0 Å². The number of phenols is 1. The number of hydrogen-bond donors (Lipinski definition) is 1. The first-order chi connectivity index (χ1) is 9.95. The molecule has 2 rings (SSSR count). The Morgan fingerprint density at radius 3 is 2.57 bits per heavy atom. The van der Waals surface area contributed by atoms with Crippen molar-refractivity contribution in [2.75, 3.05) is 7.05 Å². The number of nitrogens with zero attached hydrogens (tertiary/aromatic N) is 2. The van der Waals surface area contributed by atoms with Crippen molar-refractivity contribution < 1.29 is 13.5 Å².